The van der Waals surface area contributed by atoms with Crippen molar-refractivity contribution in [3.8, 4) is 0 Å². The first-order valence-corrected chi connectivity index (χ1v) is 10.7. The summed E-state index contributed by atoms with van der Waals surface area (Å²) in [4.78, 5) is 4.79. The highest BCUT2D eigenvalue weighted by Gasteiger charge is 2.24. The zero-order chi connectivity index (χ0) is 19.1. The van der Waals surface area contributed by atoms with E-state index in [2.05, 4.69) is 16.4 Å². The summed E-state index contributed by atoms with van der Waals surface area (Å²) in [6.45, 7) is 1.68. The van der Waals surface area contributed by atoms with E-state index in [1.54, 1.807) is 36.7 Å². The molecule has 2 aromatic carbocycles. The largest absolute Gasteiger partial charge is 0.313 e. The van der Waals surface area contributed by atoms with Crippen molar-refractivity contribution in [1.82, 2.24) is 14.3 Å². The number of fused-ring (bicyclic) bond motifs is 3. The van der Waals surface area contributed by atoms with E-state index in [9.17, 15) is 8.42 Å². The van der Waals surface area contributed by atoms with Gasteiger partial charge in [-0.05, 0) is 36.7 Å². The Morgan fingerprint density at radius 1 is 1.00 bits per heavy atom. The van der Waals surface area contributed by atoms with Gasteiger partial charge in [0.1, 0.15) is 0 Å². The van der Waals surface area contributed by atoms with Crippen LogP contribution < -0.4 is 5.32 Å². The van der Waals surface area contributed by atoms with Crippen molar-refractivity contribution >= 4 is 37.4 Å². The van der Waals surface area contributed by atoms with E-state index in [0.29, 0.717) is 11.0 Å². The number of rotatable bonds is 3. The Balaban J connectivity index is 1.88. The van der Waals surface area contributed by atoms with Gasteiger partial charge in [0.2, 0.25) is 0 Å². The predicted octanol–water partition coefficient (Wildman–Crippen LogP) is 3.80. The van der Waals surface area contributed by atoms with Crippen molar-refractivity contribution in [3.63, 3.8) is 0 Å². The Morgan fingerprint density at radius 3 is 2.64 bits per heavy atom. The Kier molecular flexibility index (Phi) is 4.03. The van der Waals surface area contributed by atoms with Gasteiger partial charge in [-0.1, -0.05) is 42.5 Å². The molecule has 5 rings (SSSR count). The van der Waals surface area contributed by atoms with Crippen molar-refractivity contribution in [2.24, 2.45) is 0 Å². The second-order valence-electron chi connectivity index (χ2n) is 6.88. The summed E-state index contributed by atoms with van der Waals surface area (Å²) in [5, 5.41) is 5.15. The molecule has 0 amide bonds. The summed E-state index contributed by atoms with van der Waals surface area (Å²) in [6.07, 6.45) is 6.47. The molecule has 0 unspecified atom stereocenters. The quantitative estimate of drug-likeness (QED) is 0.579. The molecular weight excluding hydrogens is 370 g/mol. The molecule has 140 valence electrons. The molecule has 28 heavy (non-hydrogen) atoms. The van der Waals surface area contributed by atoms with E-state index in [4.69, 9.17) is 0 Å². The maximum absolute atomic E-state index is 13.5. The second-order valence-corrected chi connectivity index (χ2v) is 8.69. The number of aromatic nitrogens is 2. The van der Waals surface area contributed by atoms with E-state index < -0.39 is 10.0 Å². The van der Waals surface area contributed by atoms with Crippen LogP contribution in [-0.4, -0.2) is 30.5 Å². The van der Waals surface area contributed by atoms with E-state index >= 15 is 0 Å². The fourth-order valence-corrected chi connectivity index (χ4v) is 5.24. The van der Waals surface area contributed by atoms with Crippen LogP contribution in [0.1, 0.15) is 12.0 Å². The molecule has 6 heteroatoms. The minimum atomic E-state index is -3.74. The van der Waals surface area contributed by atoms with Crippen LogP contribution in [0.3, 0.4) is 0 Å². The van der Waals surface area contributed by atoms with Crippen molar-refractivity contribution in [1.29, 1.82) is 0 Å². The van der Waals surface area contributed by atoms with Crippen LogP contribution in [0.4, 0.5) is 0 Å². The van der Waals surface area contributed by atoms with Crippen LogP contribution in [0.5, 0.6) is 0 Å². The molecule has 0 saturated heterocycles. The Labute approximate surface area is 163 Å². The third-order valence-electron chi connectivity index (χ3n) is 5.21. The molecule has 0 radical (unpaired) electrons. The maximum atomic E-state index is 13.5. The van der Waals surface area contributed by atoms with Gasteiger partial charge >= 0.3 is 0 Å². The molecule has 1 N–H and O–H groups in total. The molecule has 5 nitrogen and oxygen atoms in total. The normalized spacial score (nSPS) is 15.1. The molecule has 0 fully saturated rings. The van der Waals surface area contributed by atoms with Gasteiger partial charge in [0.25, 0.3) is 10.0 Å². The molecular formula is C22H19N3O2S. The van der Waals surface area contributed by atoms with E-state index in [1.807, 2.05) is 30.3 Å². The molecule has 2 aromatic heterocycles. The van der Waals surface area contributed by atoms with Gasteiger partial charge in [0, 0.05) is 35.3 Å². The Bertz CT molecular complexity index is 1320. The number of nitrogens with zero attached hydrogens (tertiary/aromatic N) is 2. The van der Waals surface area contributed by atoms with Crippen LogP contribution in [0.15, 0.2) is 78.0 Å². The lowest BCUT2D eigenvalue weighted by Crippen LogP contribution is -2.20. The lowest BCUT2D eigenvalue weighted by molar-refractivity contribution is 0.589. The first-order valence-electron chi connectivity index (χ1n) is 9.26. The molecule has 0 spiro atoms. The maximum Gasteiger partial charge on any atom is 0.268 e. The molecule has 1 aliphatic rings. The van der Waals surface area contributed by atoms with Crippen molar-refractivity contribution in [2.45, 2.75) is 11.3 Å². The first kappa shape index (κ1) is 17.2. The highest BCUT2D eigenvalue weighted by atomic mass is 32.2. The van der Waals surface area contributed by atoms with Gasteiger partial charge in [0.05, 0.1) is 15.9 Å². The Hall–Kier alpha value is -2.96. The standard InChI is InChI=1S/C22H19N3O2S/c26-28(27,18-6-2-1-3-7-18)25-15-20(16-10-13-23-14-11-16)19-9-8-17-5-4-12-24-21(17)22(19)25/h1-10,12,15,23H,11,13-14H2. The molecule has 0 saturated carbocycles. The van der Waals surface area contributed by atoms with Crippen LogP contribution in [-0.2, 0) is 10.0 Å². The van der Waals surface area contributed by atoms with Crippen LogP contribution in [0.25, 0.3) is 27.4 Å². The third kappa shape index (κ3) is 2.65. The van der Waals surface area contributed by atoms with Crippen molar-refractivity contribution in [3.05, 3.63) is 78.6 Å². The topological polar surface area (TPSA) is 64.0 Å². The zero-order valence-electron chi connectivity index (χ0n) is 15.2. The average Bonchev–Trinajstić information content (AvgIpc) is 3.16. The van der Waals surface area contributed by atoms with E-state index in [-0.39, 0.29) is 4.90 Å². The van der Waals surface area contributed by atoms with Gasteiger partial charge in [0.15, 0.2) is 0 Å². The fraction of sp³-hybridized carbons (Fsp3) is 0.136. The number of hydrogen-bond acceptors (Lipinski definition) is 4. The van der Waals surface area contributed by atoms with Gasteiger partial charge < -0.3 is 5.32 Å². The minimum absolute atomic E-state index is 0.269. The second kappa shape index (κ2) is 6.58. The van der Waals surface area contributed by atoms with Gasteiger partial charge in [-0.2, -0.15) is 0 Å². The first-order chi connectivity index (χ1) is 13.7. The highest BCUT2D eigenvalue weighted by molar-refractivity contribution is 7.90. The average molecular weight is 389 g/mol. The SMILES string of the molecule is O=S(=O)(c1ccccc1)n1cc(C2=CCNCC2)c2ccc3cccnc3c21. The number of hydrogen-bond donors (Lipinski definition) is 1. The summed E-state index contributed by atoms with van der Waals surface area (Å²) >= 11 is 0. The third-order valence-corrected chi connectivity index (χ3v) is 6.89. The molecule has 1 aliphatic heterocycles. The molecule has 4 aromatic rings. The fourth-order valence-electron chi connectivity index (χ4n) is 3.84. The van der Waals surface area contributed by atoms with E-state index in [0.717, 1.165) is 35.8 Å². The van der Waals surface area contributed by atoms with Crippen molar-refractivity contribution < 1.29 is 8.42 Å². The van der Waals surface area contributed by atoms with Gasteiger partial charge in [-0.15, -0.1) is 0 Å². The lowest BCUT2D eigenvalue weighted by atomic mass is 9.99. The summed E-state index contributed by atoms with van der Waals surface area (Å²) in [6, 6.07) is 16.4. The monoisotopic (exact) mass is 389 g/mol. The lowest BCUT2D eigenvalue weighted by Gasteiger charge is -2.13. The molecule has 0 aliphatic carbocycles. The van der Waals surface area contributed by atoms with E-state index in [1.165, 1.54) is 9.55 Å². The summed E-state index contributed by atoms with van der Waals surface area (Å²) in [5.74, 6) is 0. The van der Waals surface area contributed by atoms with Crippen LogP contribution in [0, 0.1) is 0 Å². The smallest absolute Gasteiger partial charge is 0.268 e. The summed E-state index contributed by atoms with van der Waals surface area (Å²) in [7, 11) is -3.74. The van der Waals surface area contributed by atoms with Gasteiger partial charge in [-0.25, -0.2) is 12.4 Å². The molecule has 0 bridgehead atoms. The molecule has 0 atom stereocenters. The van der Waals surface area contributed by atoms with Crippen LogP contribution in [0.2, 0.25) is 0 Å². The highest BCUT2D eigenvalue weighted by Crippen LogP contribution is 2.35. The number of benzene rings is 2. The zero-order valence-corrected chi connectivity index (χ0v) is 16.0. The summed E-state index contributed by atoms with van der Waals surface area (Å²) < 4.78 is 28.4. The summed E-state index contributed by atoms with van der Waals surface area (Å²) in [5.41, 5.74) is 3.46. The minimum Gasteiger partial charge on any atom is -0.313 e. The van der Waals surface area contributed by atoms with Crippen molar-refractivity contribution in [2.75, 3.05) is 13.1 Å². The predicted molar refractivity (Wildman–Crippen MR) is 112 cm³/mol. The van der Waals surface area contributed by atoms with Gasteiger partial charge in [-0.3, -0.25) is 4.98 Å². The Morgan fingerprint density at radius 2 is 1.86 bits per heavy atom. The number of nitrogens with one attached hydrogen (secondary N) is 1. The number of pyridine rings is 1. The van der Waals surface area contributed by atoms with Crippen LogP contribution >= 0.6 is 0 Å². The molecule has 3 heterocycles.